The van der Waals surface area contributed by atoms with E-state index in [-0.39, 0.29) is 10.8 Å². The number of aromatic nitrogens is 1. The minimum absolute atomic E-state index is 0.0839. The van der Waals surface area contributed by atoms with E-state index in [0.29, 0.717) is 17.8 Å². The Bertz CT molecular complexity index is 1100. The van der Waals surface area contributed by atoms with Crippen LogP contribution in [0.1, 0.15) is 33.9 Å². The number of nitrogens with one attached hydrogen (secondary N) is 1. The van der Waals surface area contributed by atoms with Crippen molar-refractivity contribution < 1.29 is 13.2 Å². The van der Waals surface area contributed by atoms with Gasteiger partial charge >= 0.3 is 0 Å². The molecule has 0 bridgehead atoms. The van der Waals surface area contributed by atoms with Gasteiger partial charge in [0.1, 0.15) is 0 Å². The second kappa shape index (κ2) is 9.86. The predicted octanol–water partition coefficient (Wildman–Crippen LogP) is 4.03. The van der Waals surface area contributed by atoms with Crippen molar-refractivity contribution in [2.24, 2.45) is 0 Å². The zero-order chi connectivity index (χ0) is 21.6. The molecule has 3 rings (SSSR count). The largest absolute Gasteiger partial charge is 0.352 e. The number of sulfonamides is 1. The van der Waals surface area contributed by atoms with Crippen LogP contribution in [0.15, 0.2) is 64.9 Å². The minimum atomic E-state index is -3.76. The van der Waals surface area contributed by atoms with Crippen molar-refractivity contribution in [2.75, 3.05) is 17.9 Å². The summed E-state index contributed by atoms with van der Waals surface area (Å²) in [7, 11) is -2.26. The van der Waals surface area contributed by atoms with Gasteiger partial charge in [0.05, 0.1) is 15.6 Å². The number of nitrogens with zero attached hydrogens (tertiary/aromatic N) is 2. The molecule has 158 valence electrons. The molecular formula is C22H25N3O3S2. The number of hydrogen-bond donors (Lipinski definition) is 1. The highest BCUT2D eigenvalue weighted by Gasteiger charge is 2.22. The molecule has 30 heavy (non-hydrogen) atoms. The SMILES string of the molecule is Cc1csc(CCCCNC(=O)c2cccc(S(=O)(=O)N(C)c3ccccc3)c2)n1. The quantitative estimate of drug-likeness (QED) is 0.507. The Hall–Kier alpha value is -2.71. The average molecular weight is 444 g/mol. The zero-order valence-electron chi connectivity index (χ0n) is 17.0. The lowest BCUT2D eigenvalue weighted by molar-refractivity contribution is 0.0953. The van der Waals surface area contributed by atoms with Gasteiger partial charge in [-0.05, 0) is 56.5 Å². The molecule has 8 heteroatoms. The van der Waals surface area contributed by atoms with Crippen molar-refractivity contribution in [1.29, 1.82) is 0 Å². The Morgan fingerprint density at radius 2 is 1.87 bits per heavy atom. The monoisotopic (exact) mass is 443 g/mol. The fourth-order valence-corrected chi connectivity index (χ4v) is 5.02. The van der Waals surface area contributed by atoms with Crippen molar-refractivity contribution in [3.05, 3.63) is 76.2 Å². The first kappa shape index (κ1) is 22.0. The van der Waals surface area contributed by atoms with Crippen LogP contribution in [0.25, 0.3) is 0 Å². The van der Waals surface area contributed by atoms with Crippen LogP contribution in [-0.4, -0.2) is 32.9 Å². The molecule has 1 heterocycles. The van der Waals surface area contributed by atoms with E-state index >= 15 is 0 Å². The first-order valence-electron chi connectivity index (χ1n) is 9.71. The average Bonchev–Trinajstić information content (AvgIpc) is 3.18. The van der Waals surface area contributed by atoms with Crippen molar-refractivity contribution in [3.8, 4) is 0 Å². The third kappa shape index (κ3) is 5.46. The van der Waals surface area contributed by atoms with E-state index in [2.05, 4.69) is 10.3 Å². The van der Waals surface area contributed by atoms with Crippen LogP contribution in [0.2, 0.25) is 0 Å². The van der Waals surface area contributed by atoms with Crippen LogP contribution in [0.3, 0.4) is 0 Å². The van der Waals surface area contributed by atoms with E-state index < -0.39 is 10.0 Å². The van der Waals surface area contributed by atoms with Crippen LogP contribution in [0.4, 0.5) is 5.69 Å². The summed E-state index contributed by atoms with van der Waals surface area (Å²) in [6, 6.07) is 15.0. The third-order valence-corrected chi connectivity index (χ3v) is 7.45. The van der Waals surface area contributed by atoms with E-state index in [1.165, 1.54) is 23.5 Å². The Balaban J connectivity index is 1.58. The summed E-state index contributed by atoms with van der Waals surface area (Å²) in [4.78, 5) is 17.0. The molecule has 0 aliphatic heterocycles. The molecule has 0 saturated heterocycles. The van der Waals surface area contributed by atoms with E-state index in [0.717, 1.165) is 30.0 Å². The maximum absolute atomic E-state index is 12.9. The van der Waals surface area contributed by atoms with Crippen molar-refractivity contribution in [1.82, 2.24) is 10.3 Å². The molecule has 1 amide bonds. The van der Waals surface area contributed by atoms with E-state index in [1.54, 1.807) is 47.7 Å². The lowest BCUT2D eigenvalue weighted by atomic mass is 10.2. The number of para-hydroxylation sites is 1. The number of aryl methyl sites for hydroxylation is 2. The fraction of sp³-hybridized carbons (Fsp3) is 0.273. The topological polar surface area (TPSA) is 79.4 Å². The normalized spacial score (nSPS) is 11.3. The first-order valence-corrected chi connectivity index (χ1v) is 12.0. The lowest BCUT2D eigenvalue weighted by Crippen LogP contribution is -2.28. The van der Waals surface area contributed by atoms with Gasteiger partial charge < -0.3 is 5.32 Å². The summed E-state index contributed by atoms with van der Waals surface area (Å²) in [5.74, 6) is -0.278. The van der Waals surface area contributed by atoms with Crippen LogP contribution in [0, 0.1) is 6.92 Å². The Labute approximate surface area is 181 Å². The number of rotatable bonds is 9. The number of amides is 1. The predicted molar refractivity (Wildman–Crippen MR) is 121 cm³/mol. The summed E-state index contributed by atoms with van der Waals surface area (Å²) in [6.07, 6.45) is 2.66. The summed E-state index contributed by atoms with van der Waals surface area (Å²) in [5.41, 5.74) is 1.92. The molecule has 0 radical (unpaired) electrons. The van der Waals surface area contributed by atoms with Crippen LogP contribution in [-0.2, 0) is 16.4 Å². The van der Waals surface area contributed by atoms with Gasteiger partial charge in [-0.15, -0.1) is 11.3 Å². The number of carbonyl (C=O) groups is 1. The van der Waals surface area contributed by atoms with E-state index in [4.69, 9.17) is 0 Å². The van der Waals surface area contributed by atoms with Crippen molar-refractivity contribution in [3.63, 3.8) is 0 Å². The fourth-order valence-electron chi connectivity index (χ4n) is 2.96. The second-order valence-corrected chi connectivity index (χ2v) is 9.84. The maximum Gasteiger partial charge on any atom is 0.264 e. The van der Waals surface area contributed by atoms with Crippen molar-refractivity contribution in [2.45, 2.75) is 31.1 Å². The van der Waals surface area contributed by atoms with Gasteiger partial charge in [-0.2, -0.15) is 0 Å². The molecule has 0 aliphatic rings. The Kier molecular flexibility index (Phi) is 7.23. The number of anilines is 1. The van der Waals surface area contributed by atoms with Gasteiger partial charge in [-0.25, -0.2) is 13.4 Å². The number of benzene rings is 2. The molecule has 1 aromatic heterocycles. The number of hydrogen-bond acceptors (Lipinski definition) is 5. The highest BCUT2D eigenvalue weighted by atomic mass is 32.2. The van der Waals surface area contributed by atoms with Crippen LogP contribution in [0.5, 0.6) is 0 Å². The van der Waals surface area contributed by atoms with Gasteiger partial charge in [-0.3, -0.25) is 9.10 Å². The Morgan fingerprint density at radius 1 is 1.10 bits per heavy atom. The maximum atomic E-state index is 12.9. The Morgan fingerprint density at radius 3 is 2.57 bits per heavy atom. The molecule has 0 atom stereocenters. The molecule has 0 spiro atoms. The molecule has 0 unspecified atom stereocenters. The highest BCUT2D eigenvalue weighted by Crippen LogP contribution is 2.22. The van der Waals surface area contributed by atoms with Gasteiger partial charge in [0.15, 0.2) is 0 Å². The summed E-state index contributed by atoms with van der Waals surface area (Å²) in [6.45, 7) is 2.51. The standard InChI is InChI=1S/C22H25N3O3S2/c1-17-16-29-21(24-17)13-6-7-14-23-22(26)18-9-8-12-20(15-18)30(27,28)25(2)19-10-4-3-5-11-19/h3-5,8-12,15-16H,6-7,13-14H2,1-2H3,(H,23,26). The molecular weight excluding hydrogens is 418 g/mol. The van der Waals surface area contributed by atoms with E-state index in [9.17, 15) is 13.2 Å². The summed E-state index contributed by atoms with van der Waals surface area (Å²) in [5, 5.41) is 6.01. The molecule has 1 N–H and O–H groups in total. The molecule has 0 saturated carbocycles. The number of unbranched alkanes of at least 4 members (excludes halogenated alkanes) is 1. The summed E-state index contributed by atoms with van der Waals surface area (Å²) < 4.78 is 27.1. The zero-order valence-corrected chi connectivity index (χ0v) is 18.7. The molecule has 0 aliphatic carbocycles. The van der Waals surface area contributed by atoms with Gasteiger partial charge in [0.2, 0.25) is 0 Å². The number of thiazole rings is 1. The highest BCUT2D eigenvalue weighted by molar-refractivity contribution is 7.92. The molecule has 6 nitrogen and oxygen atoms in total. The van der Waals surface area contributed by atoms with Crippen LogP contribution < -0.4 is 9.62 Å². The lowest BCUT2D eigenvalue weighted by Gasteiger charge is -2.19. The molecule has 0 fully saturated rings. The van der Waals surface area contributed by atoms with Gasteiger partial charge in [-0.1, -0.05) is 24.3 Å². The van der Waals surface area contributed by atoms with Crippen molar-refractivity contribution >= 4 is 33.0 Å². The minimum Gasteiger partial charge on any atom is -0.352 e. The van der Waals surface area contributed by atoms with Gasteiger partial charge in [0.25, 0.3) is 15.9 Å². The second-order valence-electron chi connectivity index (χ2n) is 6.93. The van der Waals surface area contributed by atoms with Crippen LogP contribution >= 0.6 is 11.3 Å². The smallest absolute Gasteiger partial charge is 0.264 e. The third-order valence-electron chi connectivity index (χ3n) is 4.64. The molecule has 2 aromatic carbocycles. The van der Waals surface area contributed by atoms with Gasteiger partial charge in [0, 0.05) is 30.2 Å². The first-order chi connectivity index (χ1) is 14.4. The van der Waals surface area contributed by atoms with E-state index in [1.807, 2.05) is 18.4 Å². The summed E-state index contributed by atoms with van der Waals surface area (Å²) >= 11 is 1.66. The molecule has 3 aromatic rings. The number of carbonyl (C=O) groups excluding carboxylic acids is 1.